The van der Waals surface area contributed by atoms with Gasteiger partial charge in [-0.3, -0.25) is 5.43 Å². The Bertz CT molecular complexity index is 991. The van der Waals surface area contributed by atoms with E-state index in [0.29, 0.717) is 22.8 Å². The summed E-state index contributed by atoms with van der Waals surface area (Å²) in [7, 11) is 0. The zero-order chi connectivity index (χ0) is 21.0. The Balaban J connectivity index is 1.34. The number of carbonyl (C=O) groups is 2. The van der Waals surface area contributed by atoms with E-state index in [1.54, 1.807) is 36.7 Å². The summed E-state index contributed by atoms with van der Waals surface area (Å²) in [5, 5.41) is 8.69. The Morgan fingerprint density at radius 2 is 1.93 bits per heavy atom. The second-order valence-electron chi connectivity index (χ2n) is 7.06. The molecule has 4 rings (SSSR count). The third-order valence-corrected chi connectivity index (χ3v) is 5.09. The molecule has 2 aliphatic heterocycles. The highest BCUT2D eigenvalue weighted by Gasteiger charge is 2.27. The van der Waals surface area contributed by atoms with Gasteiger partial charge in [0.2, 0.25) is 0 Å². The number of carbonyl (C=O) groups excluding carboxylic acids is 2. The van der Waals surface area contributed by atoms with Gasteiger partial charge in [-0.2, -0.15) is 0 Å². The Morgan fingerprint density at radius 3 is 2.63 bits per heavy atom. The van der Waals surface area contributed by atoms with E-state index in [2.05, 4.69) is 31.8 Å². The molecule has 0 radical (unpaired) electrons. The zero-order valence-electron chi connectivity index (χ0n) is 16.5. The average Bonchev–Trinajstić information content (AvgIpc) is 3.24. The first-order chi connectivity index (χ1) is 14.6. The van der Waals surface area contributed by atoms with Crippen LogP contribution in [0.15, 0.2) is 77.4 Å². The first-order valence-corrected chi connectivity index (χ1v) is 9.68. The largest absolute Gasteiger partial charge is 0.331 e. The molecule has 9 heteroatoms. The monoisotopic (exact) mass is 405 g/mol. The number of urea groups is 2. The molecule has 30 heavy (non-hydrogen) atoms. The molecule has 0 saturated heterocycles. The zero-order valence-corrected chi connectivity index (χ0v) is 16.5. The summed E-state index contributed by atoms with van der Waals surface area (Å²) in [6.45, 7) is 2.04. The molecule has 1 atom stereocenters. The number of amides is 4. The van der Waals surface area contributed by atoms with Crippen LogP contribution in [0.25, 0.3) is 0 Å². The van der Waals surface area contributed by atoms with Gasteiger partial charge >= 0.3 is 12.1 Å². The highest BCUT2D eigenvalue weighted by molar-refractivity contribution is 5.99. The summed E-state index contributed by atoms with van der Waals surface area (Å²) in [5.41, 5.74) is 7.99. The van der Waals surface area contributed by atoms with Crippen LogP contribution in [-0.2, 0) is 0 Å². The van der Waals surface area contributed by atoms with Gasteiger partial charge < -0.3 is 21.4 Å². The highest BCUT2D eigenvalue weighted by Crippen LogP contribution is 2.23. The van der Waals surface area contributed by atoms with Crippen LogP contribution < -0.4 is 26.8 Å². The van der Waals surface area contributed by atoms with Crippen molar-refractivity contribution in [1.82, 2.24) is 21.1 Å². The number of nitrogens with zero attached hydrogens (tertiary/aromatic N) is 2. The minimum absolute atomic E-state index is 0.273. The number of fused-ring (bicyclic) bond motifs is 1. The number of hydrogen-bond acceptors (Lipinski definition) is 5. The van der Waals surface area contributed by atoms with Crippen LogP contribution in [0, 0.1) is 0 Å². The van der Waals surface area contributed by atoms with Crippen molar-refractivity contribution in [2.75, 3.05) is 10.6 Å². The van der Waals surface area contributed by atoms with E-state index in [9.17, 15) is 9.59 Å². The molecule has 0 fully saturated rings. The number of allylic oxidation sites excluding steroid dienone is 2. The Labute approximate surface area is 174 Å². The highest BCUT2D eigenvalue weighted by atomic mass is 16.2. The average molecular weight is 405 g/mol. The summed E-state index contributed by atoms with van der Waals surface area (Å²) >= 11 is 0. The molecule has 0 spiro atoms. The number of aliphatic imine (C=N–C) groups is 1. The third-order valence-electron chi connectivity index (χ3n) is 5.09. The van der Waals surface area contributed by atoms with Crippen molar-refractivity contribution in [1.29, 1.82) is 0 Å². The molecule has 5 N–H and O–H groups in total. The predicted octanol–water partition coefficient (Wildman–Crippen LogP) is 3.14. The van der Waals surface area contributed by atoms with Gasteiger partial charge in [0, 0.05) is 17.6 Å². The first kappa shape index (κ1) is 19.3. The van der Waals surface area contributed by atoms with Gasteiger partial charge in [-0.15, -0.1) is 0 Å². The van der Waals surface area contributed by atoms with Crippen molar-refractivity contribution in [3.05, 3.63) is 72.4 Å². The van der Waals surface area contributed by atoms with Crippen LogP contribution in [0.4, 0.5) is 21.0 Å². The molecule has 0 saturated carbocycles. The maximum absolute atomic E-state index is 12.6. The van der Waals surface area contributed by atoms with Crippen molar-refractivity contribution in [2.45, 2.75) is 25.3 Å². The summed E-state index contributed by atoms with van der Waals surface area (Å²) in [6.07, 6.45) is 14.3. The maximum Gasteiger partial charge on any atom is 0.331 e. The number of hydrogen-bond donors (Lipinski definition) is 5. The van der Waals surface area contributed by atoms with Crippen LogP contribution in [0.1, 0.15) is 19.8 Å². The molecule has 3 aliphatic rings. The van der Waals surface area contributed by atoms with Crippen LogP contribution in [0.2, 0.25) is 0 Å². The smallest absolute Gasteiger partial charge is 0.329 e. The second kappa shape index (κ2) is 8.16. The fourth-order valence-corrected chi connectivity index (χ4v) is 3.34. The van der Waals surface area contributed by atoms with Crippen LogP contribution in [-0.4, -0.2) is 28.8 Å². The van der Waals surface area contributed by atoms with Crippen molar-refractivity contribution in [2.24, 2.45) is 4.99 Å². The van der Waals surface area contributed by atoms with E-state index in [4.69, 9.17) is 0 Å². The van der Waals surface area contributed by atoms with E-state index >= 15 is 0 Å². The SMILES string of the molecule is CC[C@]1(NC(=O)Nc2ccc(NC(=O)N3C=NC=C4NNC=C43)cc2)C=CC=CC1. The number of nitrogens with one attached hydrogen (secondary N) is 5. The lowest BCUT2D eigenvalue weighted by Gasteiger charge is -2.31. The molecule has 0 unspecified atom stereocenters. The second-order valence-corrected chi connectivity index (χ2v) is 7.06. The van der Waals surface area contributed by atoms with Gasteiger partial charge in [0.05, 0.1) is 23.1 Å². The van der Waals surface area contributed by atoms with Crippen LogP contribution in [0.3, 0.4) is 0 Å². The third kappa shape index (κ3) is 4.04. The van der Waals surface area contributed by atoms with E-state index in [-0.39, 0.29) is 17.6 Å². The summed E-state index contributed by atoms with van der Waals surface area (Å²) < 4.78 is 0. The van der Waals surface area contributed by atoms with Gasteiger partial charge in [-0.05, 0) is 37.1 Å². The van der Waals surface area contributed by atoms with Gasteiger partial charge in [0.15, 0.2) is 0 Å². The van der Waals surface area contributed by atoms with Gasteiger partial charge in [-0.1, -0.05) is 31.2 Å². The standard InChI is InChI=1S/C21H23N7O2/c1-2-21(10-4-3-5-11-21)26-19(29)24-15-6-8-16(9-7-15)25-20(30)28-14-22-12-17-18(28)13-23-27-17/h3-10,12-14,23,27H,2,11H2,1H3,(H,25,30)(H2,24,26,29)/t21-/m0/s1. The van der Waals surface area contributed by atoms with Crippen molar-refractivity contribution < 1.29 is 9.59 Å². The number of hydrazine groups is 1. The topological polar surface area (TPSA) is 110 Å². The van der Waals surface area contributed by atoms with Crippen molar-refractivity contribution in [3.8, 4) is 0 Å². The predicted molar refractivity (Wildman–Crippen MR) is 116 cm³/mol. The lowest BCUT2D eigenvalue weighted by atomic mass is 9.89. The molecule has 0 aromatic heterocycles. The molecular weight excluding hydrogens is 382 g/mol. The van der Waals surface area contributed by atoms with E-state index in [1.807, 2.05) is 31.2 Å². The molecular formula is C21H23N7O2. The van der Waals surface area contributed by atoms with Crippen LogP contribution in [0.5, 0.6) is 0 Å². The normalized spacial score (nSPS) is 21.0. The molecule has 4 amide bonds. The summed E-state index contributed by atoms with van der Waals surface area (Å²) in [6, 6.07) is 6.30. The van der Waals surface area contributed by atoms with E-state index in [1.165, 1.54) is 11.2 Å². The molecule has 1 aliphatic carbocycles. The molecule has 1 aromatic carbocycles. The Kier molecular flexibility index (Phi) is 5.25. The number of benzene rings is 1. The van der Waals surface area contributed by atoms with Crippen molar-refractivity contribution in [3.63, 3.8) is 0 Å². The molecule has 154 valence electrons. The minimum Gasteiger partial charge on any atom is -0.329 e. The fraction of sp³-hybridized carbons (Fsp3) is 0.190. The quantitative estimate of drug-likeness (QED) is 0.530. The first-order valence-electron chi connectivity index (χ1n) is 9.68. The van der Waals surface area contributed by atoms with Gasteiger partial charge in [-0.25, -0.2) is 19.5 Å². The fourth-order valence-electron chi connectivity index (χ4n) is 3.34. The molecule has 2 heterocycles. The maximum atomic E-state index is 12.6. The molecule has 0 bridgehead atoms. The Hall–Kier alpha value is -4.01. The Morgan fingerprint density at radius 1 is 1.17 bits per heavy atom. The summed E-state index contributed by atoms with van der Waals surface area (Å²) in [4.78, 5) is 30.4. The van der Waals surface area contributed by atoms with Crippen LogP contribution >= 0.6 is 0 Å². The van der Waals surface area contributed by atoms with Crippen molar-refractivity contribution >= 4 is 29.8 Å². The van der Waals surface area contributed by atoms with E-state index in [0.717, 1.165) is 12.8 Å². The molecule has 1 aromatic rings. The lowest BCUT2D eigenvalue weighted by Crippen LogP contribution is -2.48. The van der Waals surface area contributed by atoms with Gasteiger partial charge in [0.1, 0.15) is 6.34 Å². The number of anilines is 2. The van der Waals surface area contributed by atoms with E-state index < -0.39 is 0 Å². The van der Waals surface area contributed by atoms with Gasteiger partial charge in [0.25, 0.3) is 0 Å². The lowest BCUT2D eigenvalue weighted by molar-refractivity contribution is 0.240. The minimum atomic E-state index is -0.366. The molecule has 9 nitrogen and oxygen atoms in total. The summed E-state index contributed by atoms with van der Waals surface area (Å²) in [5.74, 6) is 0. The number of rotatable bonds is 4.